The van der Waals surface area contributed by atoms with Crippen molar-refractivity contribution >= 4 is 34.3 Å². The Morgan fingerprint density at radius 3 is 3.11 bits per heavy atom. The van der Waals surface area contributed by atoms with Crippen molar-refractivity contribution in [3.8, 4) is 6.19 Å². The van der Waals surface area contributed by atoms with E-state index in [0.29, 0.717) is 0 Å². The fraction of sp³-hybridized carbons (Fsp3) is 0.308. The monoisotopic (exact) mass is 292 g/mol. The summed E-state index contributed by atoms with van der Waals surface area (Å²) in [6.07, 6.45) is 4.95. The summed E-state index contributed by atoms with van der Waals surface area (Å²) >= 11 is 7.65. The zero-order valence-electron chi connectivity index (χ0n) is 10.4. The van der Waals surface area contributed by atoms with Gasteiger partial charge in [-0.2, -0.15) is 5.26 Å². The first kappa shape index (κ1) is 12.7. The molecule has 0 radical (unpaired) electrons. The molecule has 2 aromatic rings. The molecule has 1 aliphatic heterocycles. The lowest BCUT2D eigenvalue weighted by Gasteiger charge is -2.35. The predicted molar refractivity (Wildman–Crippen MR) is 79.0 cm³/mol. The highest BCUT2D eigenvalue weighted by atomic mass is 35.5. The van der Waals surface area contributed by atoms with Crippen molar-refractivity contribution in [2.45, 2.75) is 11.4 Å². The fourth-order valence-corrected chi connectivity index (χ4v) is 3.59. The number of H-pyrrole nitrogens is 1. The van der Waals surface area contributed by atoms with Crippen LogP contribution in [0.1, 0.15) is 11.3 Å². The zero-order chi connectivity index (χ0) is 13.5. The summed E-state index contributed by atoms with van der Waals surface area (Å²) in [6.45, 7) is 0.821. The summed E-state index contributed by atoms with van der Waals surface area (Å²) in [7, 11) is 0. The van der Waals surface area contributed by atoms with Crippen LogP contribution < -0.4 is 10.6 Å². The molecule has 0 aliphatic carbocycles. The third-order valence-corrected chi connectivity index (χ3v) is 4.81. The fourth-order valence-electron chi connectivity index (χ4n) is 2.64. The molecule has 1 aromatic heterocycles. The van der Waals surface area contributed by atoms with Crippen molar-refractivity contribution in [1.29, 1.82) is 5.26 Å². The van der Waals surface area contributed by atoms with Gasteiger partial charge in [0.1, 0.15) is 0 Å². The maximum atomic E-state index is 9.01. The number of fused-ring (bicyclic) bond motifs is 3. The van der Waals surface area contributed by atoms with Crippen LogP contribution >= 0.6 is 23.4 Å². The van der Waals surface area contributed by atoms with Gasteiger partial charge in [0.25, 0.3) is 0 Å². The standard InChI is InChI=1S/C13H13ClN4S/c1-19-13(17-7-15)12-9(4-5-16-13)10-6-8(14)2-3-11(10)18-12/h2-3,6,16-18H,4-5H2,1H3/t13-/m1/s1. The highest BCUT2D eigenvalue weighted by Crippen LogP contribution is 2.38. The van der Waals surface area contributed by atoms with Crippen molar-refractivity contribution in [3.63, 3.8) is 0 Å². The van der Waals surface area contributed by atoms with Gasteiger partial charge in [0.2, 0.25) is 0 Å². The van der Waals surface area contributed by atoms with E-state index in [4.69, 9.17) is 16.9 Å². The Hall–Kier alpha value is -1.35. The number of hydrogen-bond acceptors (Lipinski definition) is 4. The topological polar surface area (TPSA) is 63.6 Å². The molecule has 0 saturated carbocycles. The molecule has 3 N–H and O–H groups in total. The molecule has 0 bridgehead atoms. The molecule has 1 aromatic carbocycles. The van der Waals surface area contributed by atoms with E-state index in [1.807, 2.05) is 30.6 Å². The first-order valence-electron chi connectivity index (χ1n) is 5.97. The number of aromatic nitrogens is 1. The number of nitrogens with one attached hydrogen (secondary N) is 3. The Labute approximate surface area is 120 Å². The van der Waals surface area contributed by atoms with Gasteiger partial charge >= 0.3 is 0 Å². The molecule has 1 aliphatic rings. The van der Waals surface area contributed by atoms with E-state index in [-0.39, 0.29) is 0 Å². The second kappa shape index (κ2) is 4.64. The lowest BCUT2D eigenvalue weighted by atomic mass is 10.0. The zero-order valence-corrected chi connectivity index (χ0v) is 12.0. The second-order valence-electron chi connectivity index (χ2n) is 4.47. The van der Waals surface area contributed by atoms with Crippen LogP contribution in [0.4, 0.5) is 0 Å². The lowest BCUT2D eigenvalue weighted by molar-refractivity contribution is 0.416. The first-order chi connectivity index (χ1) is 9.20. The maximum Gasteiger partial charge on any atom is 0.187 e. The van der Waals surface area contributed by atoms with Crippen molar-refractivity contribution in [1.82, 2.24) is 15.6 Å². The van der Waals surface area contributed by atoms with Crippen molar-refractivity contribution in [3.05, 3.63) is 34.5 Å². The number of aromatic amines is 1. The average molecular weight is 293 g/mol. The molecule has 0 spiro atoms. The van der Waals surface area contributed by atoms with Gasteiger partial charge in [0, 0.05) is 22.5 Å². The number of halogens is 1. The van der Waals surface area contributed by atoms with Crippen LogP contribution in [-0.4, -0.2) is 17.8 Å². The van der Waals surface area contributed by atoms with E-state index in [9.17, 15) is 0 Å². The number of benzene rings is 1. The Morgan fingerprint density at radius 2 is 2.37 bits per heavy atom. The minimum Gasteiger partial charge on any atom is -0.354 e. The molecule has 0 unspecified atom stereocenters. The Morgan fingerprint density at radius 1 is 1.53 bits per heavy atom. The predicted octanol–water partition coefficient (Wildman–Crippen LogP) is 2.51. The Balaban J connectivity index is 2.25. The summed E-state index contributed by atoms with van der Waals surface area (Å²) in [5, 5.41) is 17.1. The van der Waals surface area contributed by atoms with Gasteiger partial charge in [-0.15, -0.1) is 11.8 Å². The molecule has 19 heavy (non-hydrogen) atoms. The molecule has 0 amide bonds. The van der Waals surface area contributed by atoms with Crippen LogP contribution in [0.15, 0.2) is 18.2 Å². The highest BCUT2D eigenvalue weighted by molar-refractivity contribution is 7.99. The SMILES string of the molecule is CS[C@@]1(NC#N)NCCc2c1[nH]c1ccc(Cl)cc21. The molecule has 2 heterocycles. The summed E-state index contributed by atoms with van der Waals surface area (Å²) in [5.74, 6) is 0. The summed E-state index contributed by atoms with van der Waals surface area (Å²) < 4.78 is 0. The van der Waals surface area contributed by atoms with Gasteiger partial charge in [-0.3, -0.25) is 10.6 Å². The molecule has 6 heteroatoms. The van der Waals surface area contributed by atoms with Crippen molar-refractivity contribution in [2.75, 3.05) is 12.8 Å². The van der Waals surface area contributed by atoms with Gasteiger partial charge in [0.15, 0.2) is 11.2 Å². The molecular formula is C13H13ClN4S. The molecule has 0 saturated heterocycles. The van der Waals surface area contributed by atoms with Crippen LogP contribution in [0.5, 0.6) is 0 Å². The normalized spacial score (nSPS) is 21.9. The van der Waals surface area contributed by atoms with Gasteiger partial charge in [-0.1, -0.05) is 11.6 Å². The summed E-state index contributed by atoms with van der Waals surface area (Å²) in [4.78, 5) is 2.84. The number of hydrogen-bond donors (Lipinski definition) is 3. The largest absolute Gasteiger partial charge is 0.354 e. The van der Waals surface area contributed by atoms with Crippen molar-refractivity contribution in [2.24, 2.45) is 0 Å². The van der Waals surface area contributed by atoms with E-state index < -0.39 is 4.99 Å². The van der Waals surface area contributed by atoms with Crippen LogP contribution in [0.25, 0.3) is 10.9 Å². The minimum atomic E-state index is -0.576. The van der Waals surface area contributed by atoms with E-state index in [0.717, 1.165) is 34.6 Å². The summed E-state index contributed by atoms with van der Waals surface area (Å²) in [5.41, 5.74) is 3.30. The van der Waals surface area contributed by atoms with Gasteiger partial charge in [-0.25, -0.2) is 0 Å². The number of thioether (sulfide) groups is 1. The smallest absolute Gasteiger partial charge is 0.187 e. The molecule has 4 nitrogen and oxygen atoms in total. The molecule has 3 rings (SSSR count). The van der Waals surface area contributed by atoms with Crippen LogP contribution in [0, 0.1) is 11.5 Å². The number of rotatable bonds is 2. The lowest BCUT2D eigenvalue weighted by Crippen LogP contribution is -2.53. The van der Waals surface area contributed by atoms with E-state index in [2.05, 4.69) is 15.6 Å². The number of nitrogens with zero attached hydrogens (tertiary/aromatic N) is 1. The molecule has 1 atom stereocenters. The Kier molecular flexibility index (Phi) is 3.09. The van der Waals surface area contributed by atoms with Crippen LogP contribution in [-0.2, 0) is 11.4 Å². The first-order valence-corrected chi connectivity index (χ1v) is 7.57. The maximum absolute atomic E-state index is 9.01. The van der Waals surface area contributed by atoms with Gasteiger partial charge in [-0.05, 0) is 36.4 Å². The highest BCUT2D eigenvalue weighted by Gasteiger charge is 2.38. The van der Waals surface area contributed by atoms with E-state index in [1.165, 1.54) is 5.56 Å². The quantitative estimate of drug-likeness (QED) is 0.452. The van der Waals surface area contributed by atoms with Gasteiger partial charge < -0.3 is 4.98 Å². The van der Waals surface area contributed by atoms with Crippen molar-refractivity contribution < 1.29 is 0 Å². The molecular weight excluding hydrogens is 280 g/mol. The second-order valence-corrected chi connectivity index (χ2v) is 5.92. The minimum absolute atomic E-state index is 0.576. The third-order valence-electron chi connectivity index (χ3n) is 3.51. The summed E-state index contributed by atoms with van der Waals surface area (Å²) in [6, 6.07) is 5.83. The van der Waals surface area contributed by atoms with Crippen LogP contribution in [0.3, 0.4) is 0 Å². The van der Waals surface area contributed by atoms with Crippen LogP contribution in [0.2, 0.25) is 5.02 Å². The third kappa shape index (κ3) is 1.88. The van der Waals surface area contributed by atoms with E-state index >= 15 is 0 Å². The Bertz CT molecular complexity index is 675. The van der Waals surface area contributed by atoms with E-state index in [1.54, 1.807) is 11.8 Å². The average Bonchev–Trinajstić information content (AvgIpc) is 2.78. The van der Waals surface area contributed by atoms with Gasteiger partial charge in [0.05, 0.1) is 5.69 Å². The molecule has 0 fully saturated rings. The number of nitriles is 1. The molecule has 98 valence electrons.